The van der Waals surface area contributed by atoms with E-state index < -0.39 is 61.3 Å². The molecule has 0 spiro atoms. The Bertz CT molecular complexity index is 1140. The van der Waals surface area contributed by atoms with Crippen LogP contribution < -0.4 is 15.8 Å². The number of nitrogens with one attached hydrogen (secondary N) is 2. The molecular formula is C15H12F4N4O7S2. The van der Waals surface area contributed by atoms with Crippen LogP contribution in [0.15, 0.2) is 28.6 Å². The molecule has 1 aromatic heterocycles. The van der Waals surface area contributed by atoms with E-state index in [4.69, 9.17) is 5.73 Å². The molecule has 0 aliphatic rings. The van der Waals surface area contributed by atoms with Gasteiger partial charge in [0.1, 0.15) is 17.4 Å². The number of anilines is 2. The van der Waals surface area contributed by atoms with E-state index in [9.17, 15) is 40.4 Å². The molecule has 0 fully saturated rings. The molecule has 0 aliphatic heterocycles. The predicted molar refractivity (Wildman–Crippen MR) is 99.8 cm³/mol. The van der Waals surface area contributed by atoms with Crippen LogP contribution in [0.5, 0.6) is 0 Å². The Hall–Kier alpha value is -3.31. The van der Waals surface area contributed by atoms with Crippen molar-refractivity contribution in [1.29, 1.82) is 0 Å². The summed E-state index contributed by atoms with van der Waals surface area (Å²) in [5.41, 5.74) is 4.70. The molecule has 1 amide bonds. The Morgan fingerprint density at radius 3 is 2.50 bits per heavy atom. The van der Waals surface area contributed by atoms with Crippen LogP contribution in [0.4, 0.5) is 33.0 Å². The highest BCUT2D eigenvalue weighted by Crippen LogP contribution is 2.27. The van der Waals surface area contributed by atoms with Crippen molar-refractivity contribution >= 4 is 50.1 Å². The molecule has 0 radical (unpaired) electrons. The highest BCUT2D eigenvalue weighted by atomic mass is 32.2. The van der Waals surface area contributed by atoms with Gasteiger partial charge in [-0.05, 0) is 18.2 Å². The minimum Gasteiger partial charge on any atom is -0.448 e. The highest BCUT2D eigenvalue weighted by Gasteiger charge is 2.43. The summed E-state index contributed by atoms with van der Waals surface area (Å²) in [7, 11) is -4.57. The van der Waals surface area contributed by atoms with Gasteiger partial charge in [0.15, 0.2) is 5.69 Å². The largest absolute Gasteiger partial charge is 0.491 e. The standard InChI is InChI=1S/C15H12F4N4O7S2/c16-8-5-7(1-2-9(8)22-14(26)29-4-3-20)32(27,28)23-11-10(21-6-31-11)12(24)30-13(25)15(17,18)19/h1-2,5-6,23H,3-4,20H2,(H,22,26). The van der Waals surface area contributed by atoms with Crippen LogP contribution in [0.1, 0.15) is 10.5 Å². The lowest BCUT2D eigenvalue weighted by Gasteiger charge is -2.10. The molecule has 0 bridgehead atoms. The minimum absolute atomic E-state index is 0.0240. The van der Waals surface area contributed by atoms with Crippen LogP contribution in [-0.4, -0.2) is 50.8 Å². The molecular weight excluding hydrogens is 488 g/mol. The Balaban J connectivity index is 2.18. The first-order valence-corrected chi connectivity index (χ1v) is 10.4. The molecule has 0 saturated carbocycles. The predicted octanol–water partition coefficient (Wildman–Crippen LogP) is 1.84. The number of benzene rings is 1. The maximum absolute atomic E-state index is 14.2. The van der Waals surface area contributed by atoms with Crippen LogP contribution in [0.2, 0.25) is 0 Å². The number of alkyl halides is 3. The fraction of sp³-hybridized carbons (Fsp3) is 0.200. The van der Waals surface area contributed by atoms with Crippen molar-refractivity contribution in [3.05, 3.63) is 35.2 Å². The second-order valence-electron chi connectivity index (χ2n) is 5.50. The molecule has 2 rings (SSSR count). The number of esters is 2. The van der Waals surface area contributed by atoms with Gasteiger partial charge < -0.3 is 15.2 Å². The Kier molecular flexibility index (Phi) is 7.70. The van der Waals surface area contributed by atoms with Gasteiger partial charge in [-0.25, -0.2) is 32.2 Å². The van der Waals surface area contributed by atoms with Crippen LogP contribution in [-0.2, 0) is 24.3 Å². The fourth-order valence-corrected chi connectivity index (χ4v) is 3.89. The number of thiazole rings is 1. The maximum atomic E-state index is 14.2. The van der Waals surface area contributed by atoms with Crippen LogP contribution >= 0.6 is 11.3 Å². The van der Waals surface area contributed by atoms with E-state index in [1.807, 2.05) is 10.0 Å². The molecule has 0 atom stereocenters. The summed E-state index contributed by atoms with van der Waals surface area (Å²) in [5.74, 6) is -5.84. The minimum atomic E-state index is -5.46. The average Bonchev–Trinajstić information content (AvgIpc) is 3.14. The van der Waals surface area contributed by atoms with E-state index in [2.05, 4.69) is 14.5 Å². The molecule has 0 unspecified atom stereocenters. The molecule has 4 N–H and O–H groups in total. The summed E-state index contributed by atoms with van der Waals surface area (Å²) in [6, 6.07) is 2.31. The summed E-state index contributed by atoms with van der Waals surface area (Å²) >= 11 is 0.485. The number of ether oxygens (including phenoxy) is 2. The van der Waals surface area contributed by atoms with Gasteiger partial charge in [0.05, 0.1) is 16.1 Å². The molecule has 1 heterocycles. The number of carbonyl (C=O) groups excluding carboxylic acids is 3. The molecule has 11 nitrogen and oxygen atoms in total. The maximum Gasteiger partial charge on any atom is 0.491 e. The highest BCUT2D eigenvalue weighted by molar-refractivity contribution is 7.93. The van der Waals surface area contributed by atoms with Gasteiger partial charge in [0, 0.05) is 6.54 Å². The normalized spacial score (nSPS) is 11.5. The molecule has 174 valence electrons. The van der Waals surface area contributed by atoms with E-state index in [1.54, 1.807) is 0 Å². The van der Waals surface area contributed by atoms with E-state index in [0.717, 1.165) is 17.6 Å². The summed E-state index contributed by atoms with van der Waals surface area (Å²) in [6.07, 6.45) is -6.50. The first kappa shape index (κ1) is 25.0. The Morgan fingerprint density at radius 1 is 1.22 bits per heavy atom. The van der Waals surface area contributed by atoms with Gasteiger partial charge in [-0.15, -0.1) is 11.3 Å². The van der Waals surface area contributed by atoms with Gasteiger partial charge in [-0.3, -0.25) is 10.0 Å². The number of rotatable bonds is 7. The van der Waals surface area contributed by atoms with Gasteiger partial charge in [0.2, 0.25) is 0 Å². The van der Waals surface area contributed by atoms with Gasteiger partial charge >= 0.3 is 24.2 Å². The Labute approximate surface area is 180 Å². The molecule has 1 aromatic carbocycles. The van der Waals surface area contributed by atoms with Crippen LogP contribution in [0.25, 0.3) is 0 Å². The summed E-state index contributed by atoms with van der Waals surface area (Å²) in [4.78, 5) is 36.6. The van der Waals surface area contributed by atoms with E-state index >= 15 is 0 Å². The number of amides is 1. The number of aromatic nitrogens is 1. The van der Waals surface area contributed by atoms with Crippen LogP contribution in [0.3, 0.4) is 0 Å². The van der Waals surface area contributed by atoms with Crippen molar-refractivity contribution in [1.82, 2.24) is 4.98 Å². The molecule has 0 aliphatic carbocycles. The van der Waals surface area contributed by atoms with Gasteiger partial charge in [-0.2, -0.15) is 13.2 Å². The van der Waals surface area contributed by atoms with E-state index in [1.165, 1.54) is 0 Å². The second kappa shape index (κ2) is 9.88. The zero-order chi connectivity index (χ0) is 24.1. The fourth-order valence-electron chi connectivity index (χ4n) is 1.90. The van der Waals surface area contributed by atoms with Crippen molar-refractivity contribution in [2.24, 2.45) is 5.73 Å². The number of sulfonamides is 1. The first-order chi connectivity index (χ1) is 14.8. The monoisotopic (exact) mass is 500 g/mol. The van der Waals surface area contributed by atoms with E-state index in [0.29, 0.717) is 17.4 Å². The SMILES string of the molecule is NCCOC(=O)Nc1ccc(S(=O)(=O)Nc2scnc2C(=O)OC(=O)C(F)(F)F)cc1F. The first-order valence-electron chi connectivity index (χ1n) is 8.08. The summed E-state index contributed by atoms with van der Waals surface area (Å²) in [5, 5.41) is 1.44. The number of halogens is 4. The summed E-state index contributed by atoms with van der Waals surface area (Å²) in [6.45, 7) is -0.117. The summed E-state index contributed by atoms with van der Waals surface area (Å²) < 4.78 is 85.8. The lowest BCUT2D eigenvalue weighted by molar-refractivity contribution is -0.193. The van der Waals surface area contributed by atoms with E-state index in [-0.39, 0.29) is 13.2 Å². The smallest absolute Gasteiger partial charge is 0.448 e. The molecule has 17 heteroatoms. The van der Waals surface area contributed by atoms with Crippen molar-refractivity contribution in [3.63, 3.8) is 0 Å². The lowest BCUT2D eigenvalue weighted by Crippen LogP contribution is -2.28. The van der Waals surface area contributed by atoms with Crippen molar-refractivity contribution in [3.8, 4) is 0 Å². The number of nitrogens with zero attached hydrogens (tertiary/aromatic N) is 1. The quantitative estimate of drug-likeness (QED) is 0.292. The number of hydrogen-bond donors (Lipinski definition) is 3. The zero-order valence-corrected chi connectivity index (χ0v) is 17.1. The molecule has 0 saturated heterocycles. The number of nitrogens with two attached hydrogens (primary N) is 1. The Morgan fingerprint density at radius 2 is 1.91 bits per heavy atom. The van der Waals surface area contributed by atoms with Crippen molar-refractivity contribution < 1.29 is 49.8 Å². The van der Waals surface area contributed by atoms with Crippen LogP contribution in [0, 0.1) is 5.82 Å². The van der Waals surface area contributed by atoms with Crippen molar-refractivity contribution in [2.45, 2.75) is 11.1 Å². The second-order valence-corrected chi connectivity index (χ2v) is 8.04. The zero-order valence-electron chi connectivity index (χ0n) is 15.4. The molecule has 32 heavy (non-hydrogen) atoms. The number of hydrogen-bond acceptors (Lipinski definition) is 10. The van der Waals surface area contributed by atoms with Crippen molar-refractivity contribution in [2.75, 3.05) is 23.2 Å². The molecule has 2 aromatic rings. The third-order valence-electron chi connectivity index (χ3n) is 3.24. The lowest BCUT2D eigenvalue weighted by atomic mass is 10.3. The topological polar surface area (TPSA) is 167 Å². The third kappa shape index (κ3) is 6.34. The van der Waals surface area contributed by atoms with Gasteiger partial charge in [0.25, 0.3) is 10.0 Å². The number of carbonyl (C=O) groups is 3. The van der Waals surface area contributed by atoms with Gasteiger partial charge in [-0.1, -0.05) is 0 Å². The average molecular weight is 500 g/mol. The third-order valence-corrected chi connectivity index (χ3v) is 5.46.